The fourth-order valence-electron chi connectivity index (χ4n) is 1.89. The standard InChI is InChI=1S/C10H18ClNO/c1-8(7-11)10(13)12(2)9-5-3-4-6-9/h8-9H,3-7H2,1-2H3. The molecule has 1 unspecified atom stereocenters. The molecule has 1 fully saturated rings. The van der Waals surface area contributed by atoms with Gasteiger partial charge in [-0.15, -0.1) is 11.6 Å². The highest BCUT2D eigenvalue weighted by Crippen LogP contribution is 2.23. The first kappa shape index (κ1) is 10.8. The monoisotopic (exact) mass is 203 g/mol. The number of hydrogen-bond donors (Lipinski definition) is 0. The average Bonchev–Trinajstić information content (AvgIpc) is 2.67. The Hall–Kier alpha value is -0.240. The van der Waals surface area contributed by atoms with Crippen molar-refractivity contribution in [1.82, 2.24) is 4.90 Å². The van der Waals surface area contributed by atoms with Crippen molar-refractivity contribution in [2.24, 2.45) is 5.92 Å². The molecule has 1 rings (SSSR count). The molecule has 76 valence electrons. The van der Waals surface area contributed by atoms with Gasteiger partial charge in [-0.3, -0.25) is 4.79 Å². The highest BCUT2D eigenvalue weighted by atomic mass is 35.5. The quantitative estimate of drug-likeness (QED) is 0.645. The van der Waals surface area contributed by atoms with E-state index in [1.807, 2.05) is 18.9 Å². The number of nitrogens with zero attached hydrogens (tertiary/aromatic N) is 1. The van der Waals surface area contributed by atoms with Gasteiger partial charge in [0.1, 0.15) is 0 Å². The molecule has 0 radical (unpaired) electrons. The molecule has 0 aliphatic heterocycles. The predicted octanol–water partition coefficient (Wildman–Crippen LogP) is 2.26. The predicted molar refractivity (Wildman–Crippen MR) is 54.9 cm³/mol. The lowest BCUT2D eigenvalue weighted by Crippen LogP contribution is -2.39. The number of hydrogen-bond acceptors (Lipinski definition) is 1. The molecule has 2 nitrogen and oxygen atoms in total. The minimum atomic E-state index is -0.0349. The molecule has 1 atom stereocenters. The molecule has 0 N–H and O–H groups in total. The Balaban J connectivity index is 2.45. The third kappa shape index (κ3) is 2.60. The molecule has 0 saturated heterocycles. The van der Waals surface area contributed by atoms with Gasteiger partial charge in [0.2, 0.25) is 5.91 Å². The number of alkyl halides is 1. The van der Waals surface area contributed by atoms with E-state index >= 15 is 0 Å². The summed E-state index contributed by atoms with van der Waals surface area (Å²) in [6, 6.07) is 0.471. The molecule has 0 aromatic carbocycles. The summed E-state index contributed by atoms with van der Waals surface area (Å²) in [5.74, 6) is 0.588. The molecule has 13 heavy (non-hydrogen) atoms. The molecule has 1 amide bonds. The summed E-state index contributed by atoms with van der Waals surface area (Å²) >= 11 is 5.65. The number of carbonyl (C=O) groups excluding carboxylic acids is 1. The summed E-state index contributed by atoms with van der Waals surface area (Å²) in [5.41, 5.74) is 0. The molecule has 0 aromatic rings. The van der Waals surface area contributed by atoms with Crippen molar-refractivity contribution in [3.05, 3.63) is 0 Å². The molecule has 0 aromatic heterocycles. The second-order valence-corrected chi connectivity index (χ2v) is 4.25. The van der Waals surface area contributed by atoms with Gasteiger partial charge >= 0.3 is 0 Å². The fourth-order valence-corrected chi connectivity index (χ4v) is 2.02. The van der Waals surface area contributed by atoms with Gasteiger partial charge in [0.15, 0.2) is 0 Å². The summed E-state index contributed by atoms with van der Waals surface area (Å²) < 4.78 is 0. The smallest absolute Gasteiger partial charge is 0.226 e. The second kappa shape index (κ2) is 4.85. The van der Waals surface area contributed by atoms with Crippen molar-refractivity contribution < 1.29 is 4.79 Å². The first-order chi connectivity index (χ1) is 6.16. The van der Waals surface area contributed by atoms with Gasteiger partial charge in [0.25, 0.3) is 0 Å². The number of halogens is 1. The summed E-state index contributed by atoms with van der Waals surface area (Å²) in [7, 11) is 1.90. The lowest BCUT2D eigenvalue weighted by atomic mass is 10.1. The highest BCUT2D eigenvalue weighted by molar-refractivity contribution is 6.19. The zero-order valence-electron chi connectivity index (χ0n) is 8.42. The SMILES string of the molecule is CC(CCl)C(=O)N(C)C1CCCC1. The maximum Gasteiger partial charge on any atom is 0.226 e. The number of amides is 1. The van der Waals surface area contributed by atoms with Gasteiger partial charge in [0.05, 0.1) is 0 Å². The van der Waals surface area contributed by atoms with E-state index in [0.717, 1.165) is 12.8 Å². The van der Waals surface area contributed by atoms with Crippen LogP contribution in [0.4, 0.5) is 0 Å². The van der Waals surface area contributed by atoms with Crippen LogP contribution in [-0.2, 0) is 4.79 Å². The minimum absolute atomic E-state index is 0.0349. The topological polar surface area (TPSA) is 20.3 Å². The van der Waals surface area contributed by atoms with Crippen LogP contribution in [0.15, 0.2) is 0 Å². The number of carbonyl (C=O) groups is 1. The molecular formula is C10H18ClNO. The average molecular weight is 204 g/mol. The van der Waals surface area contributed by atoms with E-state index in [9.17, 15) is 4.79 Å². The van der Waals surface area contributed by atoms with E-state index in [4.69, 9.17) is 11.6 Å². The summed E-state index contributed by atoms with van der Waals surface area (Å²) in [6.45, 7) is 1.89. The third-order valence-electron chi connectivity index (χ3n) is 2.87. The van der Waals surface area contributed by atoms with Gasteiger partial charge in [-0.1, -0.05) is 19.8 Å². The van der Waals surface area contributed by atoms with Crippen molar-refractivity contribution in [2.45, 2.75) is 38.6 Å². The van der Waals surface area contributed by atoms with E-state index in [1.165, 1.54) is 12.8 Å². The molecule has 0 bridgehead atoms. The van der Waals surface area contributed by atoms with Crippen LogP contribution in [0.2, 0.25) is 0 Å². The normalized spacial score (nSPS) is 20.2. The Bertz CT molecular complexity index is 178. The molecular weight excluding hydrogens is 186 g/mol. The summed E-state index contributed by atoms with van der Waals surface area (Å²) in [6.07, 6.45) is 4.85. The summed E-state index contributed by atoms with van der Waals surface area (Å²) in [4.78, 5) is 13.6. The second-order valence-electron chi connectivity index (χ2n) is 3.94. The molecule has 1 aliphatic carbocycles. The van der Waals surface area contributed by atoms with Crippen LogP contribution < -0.4 is 0 Å². The van der Waals surface area contributed by atoms with Gasteiger partial charge in [-0.2, -0.15) is 0 Å². The van der Waals surface area contributed by atoms with Crippen LogP contribution >= 0.6 is 11.6 Å². The molecule has 3 heteroatoms. The van der Waals surface area contributed by atoms with Crippen molar-refractivity contribution in [3.8, 4) is 0 Å². The van der Waals surface area contributed by atoms with Crippen molar-refractivity contribution in [2.75, 3.05) is 12.9 Å². The molecule has 0 heterocycles. The first-order valence-corrected chi connectivity index (χ1v) is 5.53. The van der Waals surface area contributed by atoms with Gasteiger partial charge in [-0.05, 0) is 12.8 Å². The van der Waals surface area contributed by atoms with Crippen LogP contribution in [-0.4, -0.2) is 29.8 Å². The Kier molecular flexibility index (Phi) is 4.04. The Labute approximate surface area is 85.2 Å². The van der Waals surface area contributed by atoms with E-state index in [0.29, 0.717) is 11.9 Å². The van der Waals surface area contributed by atoms with Gasteiger partial charge < -0.3 is 4.90 Å². The molecule has 1 saturated carbocycles. The molecule has 0 spiro atoms. The van der Waals surface area contributed by atoms with E-state index in [-0.39, 0.29) is 11.8 Å². The largest absolute Gasteiger partial charge is 0.343 e. The Morgan fingerprint density at radius 3 is 2.54 bits per heavy atom. The lowest BCUT2D eigenvalue weighted by molar-refractivity contribution is -0.134. The minimum Gasteiger partial charge on any atom is -0.343 e. The number of rotatable bonds is 3. The van der Waals surface area contributed by atoms with Crippen LogP contribution in [0.3, 0.4) is 0 Å². The van der Waals surface area contributed by atoms with Crippen molar-refractivity contribution >= 4 is 17.5 Å². The van der Waals surface area contributed by atoms with E-state index in [2.05, 4.69) is 0 Å². The van der Waals surface area contributed by atoms with Crippen LogP contribution in [0.5, 0.6) is 0 Å². The van der Waals surface area contributed by atoms with Crippen LogP contribution in [0.25, 0.3) is 0 Å². The van der Waals surface area contributed by atoms with Crippen molar-refractivity contribution in [1.29, 1.82) is 0 Å². The Morgan fingerprint density at radius 2 is 2.08 bits per heavy atom. The fraction of sp³-hybridized carbons (Fsp3) is 0.900. The van der Waals surface area contributed by atoms with E-state index < -0.39 is 0 Å². The first-order valence-electron chi connectivity index (χ1n) is 4.99. The van der Waals surface area contributed by atoms with Crippen LogP contribution in [0, 0.1) is 5.92 Å². The van der Waals surface area contributed by atoms with Crippen LogP contribution in [0.1, 0.15) is 32.6 Å². The van der Waals surface area contributed by atoms with Crippen molar-refractivity contribution in [3.63, 3.8) is 0 Å². The molecule has 1 aliphatic rings. The lowest BCUT2D eigenvalue weighted by Gasteiger charge is -2.26. The maximum absolute atomic E-state index is 11.7. The zero-order chi connectivity index (χ0) is 9.84. The third-order valence-corrected chi connectivity index (χ3v) is 3.34. The Morgan fingerprint density at radius 1 is 1.54 bits per heavy atom. The zero-order valence-corrected chi connectivity index (χ0v) is 9.18. The highest BCUT2D eigenvalue weighted by Gasteiger charge is 2.25. The van der Waals surface area contributed by atoms with Gasteiger partial charge in [0, 0.05) is 24.9 Å². The summed E-state index contributed by atoms with van der Waals surface area (Å²) in [5, 5.41) is 0. The van der Waals surface area contributed by atoms with Gasteiger partial charge in [-0.25, -0.2) is 0 Å². The van der Waals surface area contributed by atoms with E-state index in [1.54, 1.807) is 0 Å². The maximum atomic E-state index is 11.7.